The number of nitrogens with zero attached hydrogens (tertiary/aromatic N) is 3. The fourth-order valence-electron chi connectivity index (χ4n) is 6.18. The van der Waals surface area contributed by atoms with Crippen LogP contribution in [0.2, 0.25) is 0 Å². The third-order valence-corrected chi connectivity index (χ3v) is 8.27. The predicted octanol–water partition coefficient (Wildman–Crippen LogP) is 5.48. The first-order valence-electron chi connectivity index (χ1n) is 15.0. The van der Waals surface area contributed by atoms with Gasteiger partial charge in [0.15, 0.2) is 0 Å². The van der Waals surface area contributed by atoms with Gasteiger partial charge in [-0.15, -0.1) is 0 Å². The van der Waals surface area contributed by atoms with E-state index in [9.17, 15) is 27.6 Å². The quantitative estimate of drug-likeness (QED) is 0.270. The van der Waals surface area contributed by atoms with E-state index in [0.29, 0.717) is 22.9 Å². The largest absolute Gasteiger partial charge is 0.471 e. The number of halogens is 3. The Bertz CT molecular complexity index is 1630. The molecule has 234 valence electrons. The number of fused-ring (bicyclic) bond motifs is 1. The van der Waals surface area contributed by atoms with Crippen molar-refractivity contribution < 1.29 is 27.6 Å². The van der Waals surface area contributed by atoms with Crippen LogP contribution < -0.4 is 5.32 Å². The molecule has 4 aromatic rings. The van der Waals surface area contributed by atoms with Crippen molar-refractivity contribution in [1.29, 1.82) is 0 Å². The zero-order chi connectivity index (χ0) is 32.0. The van der Waals surface area contributed by atoms with Gasteiger partial charge in [0.1, 0.15) is 6.04 Å². The molecule has 1 saturated heterocycles. The zero-order valence-electron chi connectivity index (χ0n) is 24.9. The molecule has 0 bridgehead atoms. The number of amides is 3. The molecule has 3 amide bonds. The maximum atomic E-state index is 14.1. The summed E-state index contributed by atoms with van der Waals surface area (Å²) >= 11 is 0. The van der Waals surface area contributed by atoms with E-state index in [0.717, 1.165) is 16.0 Å². The van der Waals surface area contributed by atoms with Crippen LogP contribution in [0.1, 0.15) is 36.5 Å². The van der Waals surface area contributed by atoms with Gasteiger partial charge in [-0.05, 0) is 48.1 Å². The first-order chi connectivity index (χ1) is 21.6. The molecule has 10 heteroatoms. The molecule has 45 heavy (non-hydrogen) atoms. The van der Waals surface area contributed by atoms with Crippen LogP contribution >= 0.6 is 0 Å². The first kappa shape index (κ1) is 31.7. The van der Waals surface area contributed by atoms with Crippen LogP contribution in [0, 0.1) is 0 Å². The highest BCUT2D eigenvalue weighted by Gasteiger charge is 2.47. The minimum atomic E-state index is -5.07. The molecule has 1 aliphatic rings. The average molecular weight is 617 g/mol. The van der Waals surface area contributed by atoms with Crippen LogP contribution in [0.25, 0.3) is 10.9 Å². The predicted molar refractivity (Wildman–Crippen MR) is 165 cm³/mol. The Morgan fingerprint density at radius 3 is 2.24 bits per heavy atom. The number of piperidine rings is 1. The van der Waals surface area contributed by atoms with Gasteiger partial charge in [0.05, 0.1) is 5.52 Å². The van der Waals surface area contributed by atoms with E-state index in [1.54, 1.807) is 35.2 Å². The number of carbonyl (C=O) groups is 3. The fraction of sp³-hybridized carbons (Fsp3) is 0.314. The van der Waals surface area contributed by atoms with E-state index in [4.69, 9.17) is 0 Å². The van der Waals surface area contributed by atoms with Gasteiger partial charge < -0.3 is 15.1 Å². The summed E-state index contributed by atoms with van der Waals surface area (Å²) in [7, 11) is 0. The number of hydrogen-bond acceptors (Lipinski definition) is 4. The van der Waals surface area contributed by atoms with Crippen molar-refractivity contribution in [3.63, 3.8) is 0 Å². The fourth-order valence-corrected chi connectivity index (χ4v) is 6.18. The number of alkyl halides is 3. The lowest BCUT2D eigenvalue weighted by Crippen LogP contribution is -2.59. The smallest absolute Gasteiger partial charge is 0.344 e. The highest BCUT2D eigenvalue weighted by molar-refractivity contribution is 5.88. The highest BCUT2D eigenvalue weighted by Crippen LogP contribution is 2.31. The SMILES string of the molecule is CC(=O)NC(Cc1ccccc1)C(=O)N1CC[C@H](N(Cc2ccnc3ccccc23)C(=O)C(F)(F)F)C[C@H]1Cc1ccccc1. The molecule has 1 fully saturated rings. The Balaban J connectivity index is 1.46. The minimum absolute atomic E-state index is 0.130. The van der Waals surface area contributed by atoms with E-state index in [1.165, 1.54) is 13.1 Å². The van der Waals surface area contributed by atoms with Crippen LogP contribution in [0.5, 0.6) is 0 Å². The number of nitrogens with one attached hydrogen (secondary N) is 1. The standard InChI is InChI=1S/C35H35F3N4O3/c1-24(43)40-32(21-26-12-6-3-7-13-26)33(44)41-19-17-28(22-29(41)20-25-10-4-2-5-11-25)42(34(45)35(36,37)38)23-27-16-18-39-31-15-9-8-14-30(27)31/h2-16,18,28-29,32H,17,19-23H2,1H3,(H,40,43)/t28-,29+,32?/m0/s1. The molecular formula is C35H35F3N4O3. The number of benzene rings is 3. The van der Waals surface area contributed by atoms with Gasteiger partial charge in [-0.25, -0.2) is 0 Å². The Kier molecular flexibility index (Phi) is 9.80. The second kappa shape index (κ2) is 13.9. The van der Waals surface area contributed by atoms with Crippen LogP contribution in [-0.2, 0) is 33.8 Å². The number of hydrogen-bond donors (Lipinski definition) is 1. The number of aromatic nitrogens is 1. The average Bonchev–Trinajstić information content (AvgIpc) is 3.03. The third kappa shape index (κ3) is 7.87. The van der Waals surface area contributed by atoms with Gasteiger partial charge in [0, 0.05) is 50.1 Å². The number of rotatable bonds is 9. The molecular weight excluding hydrogens is 581 g/mol. The summed E-state index contributed by atoms with van der Waals surface area (Å²) in [5.41, 5.74) is 2.96. The molecule has 1 unspecified atom stereocenters. The Hall–Kier alpha value is -4.73. The molecule has 7 nitrogen and oxygen atoms in total. The van der Waals surface area contributed by atoms with E-state index in [2.05, 4.69) is 10.3 Å². The molecule has 0 radical (unpaired) electrons. The monoisotopic (exact) mass is 616 g/mol. The van der Waals surface area contributed by atoms with Gasteiger partial charge in [-0.2, -0.15) is 13.2 Å². The van der Waals surface area contributed by atoms with Crippen molar-refractivity contribution in [3.8, 4) is 0 Å². The normalized spacial score (nSPS) is 17.5. The summed E-state index contributed by atoms with van der Waals surface area (Å²) in [5, 5.41) is 3.46. The maximum Gasteiger partial charge on any atom is 0.471 e. The summed E-state index contributed by atoms with van der Waals surface area (Å²) in [6, 6.07) is 25.4. The second-order valence-corrected chi connectivity index (χ2v) is 11.4. The summed E-state index contributed by atoms with van der Waals surface area (Å²) < 4.78 is 42.1. The maximum absolute atomic E-state index is 14.1. The molecule has 1 N–H and O–H groups in total. The molecule has 3 atom stereocenters. The first-order valence-corrected chi connectivity index (χ1v) is 15.0. The molecule has 1 aliphatic heterocycles. The molecule has 0 spiro atoms. The molecule has 2 heterocycles. The lowest BCUT2D eigenvalue weighted by molar-refractivity contribution is -0.190. The van der Waals surface area contributed by atoms with Crippen molar-refractivity contribution in [2.24, 2.45) is 0 Å². The van der Waals surface area contributed by atoms with Gasteiger partial charge in [-0.1, -0.05) is 78.9 Å². The van der Waals surface area contributed by atoms with Crippen molar-refractivity contribution in [3.05, 3.63) is 114 Å². The van der Waals surface area contributed by atoms with Crippen molar-refractivity contribution in [1.82, 2.24) is 20.1 Å². The number of carbonyl (C=O) groups excluding carboxylic acids is 3. The van der Waals surface area contributed by atoms with Gasteiger partial charge in [0.2, 0.25) is 11.8 Å². The van der Waals surface area contributed by atoms with Gasteiger partial charge >= 0.3 is 12.1 Å². The lowest BCUT2D eigenvalue weighted by atomic mass is 9.89. The molecule has 0 saturated carbocycles. The van der Waals surface area contributed by atoms with Crippen LogP contribution in [0.3, 0.4) is 0 Å². The number of pyridine rings is 1. The molecule has 1 aromatic heterocycles. The summed E-state index contributed by atoms with van der Waals surface area (Å²) in [6.07, 6.45) is -2.60. The molecule has 0 aliphatic carbocycles. The summed E-state index contributed by atoms with van der Waals surface area (Å²) in [4.78, 5) is 46.1. The number of likely N-dealkylation sites (tertiary alicyclic amines) is 1. The van der Waals surface area contributed by atoms with E-state index < -0.39 is 30.2 Å². The zero-order valence-corrected chi connectivity index (χ0v) is 24.9. The minimum Gasteiger partial charge on any atom is -0.344 e. The van der Waals surface area contributed by atoms with Crippen molar-refractivity contribution >= 4 is 28.6 Å². The van der Waals surface area contributed by atoms with E-state index in [-0.39, 0.29) is 44.2 Å². The second-order valence-electron chi connectivity index (χ2n) is 11.4. The lowest BCUT2D eigenvalue weighted by Gasteiger charge is -2.45. The summed E-state index contributed by atoms with van der Waals surface area (Å²) in [6.45, 7) is 1.23. The van der Waals surface area contributed by atoms with E-state index in [1.807, 2.05) is 60.7 Å². The third-order valence-electron chi connectivity index (χ3n) is 8.27. The molecule has 3 aromatic carbocycles. The van der Waals surface area contributed by atoms with Crippen LogP contribution in [-0.4, -0.2) is 63.4 Å². The topological polar surface area (TPSA) is 82.6 Å². The van der Waals surface area contributed by atoms with Gasteiger partial charge in [-0.3, -0.25) is 19.4 Å². The molecule has 5 rings (SSSR count). The van der Waals surface area contributed by atoms with Crippen LogP contribution in [0.15, 0.2) is 97.2 Å². The summed E-state index contributed by atoms with van der Waals surface area (Å²) in [5.74, 6) is -2.57. The van der Waals surface area contributed by atoms with Crippen LogP contribution in [0.4, 0.5) is 13.2 Å². The van der Waals surface area contributed by atoms with Gasteiger partial charge in [0.25, 0.3) is 0 Å². The highest BCUT2D eigenvalue weighted by atomic mass is 19.4. The Morgan fingerprint density at radius 2 is 1.58 bits per heavy atom. The van der Waals surface area contributed by atoms with Crippen molar-refractivity contribution in [2.75, 3.05) is 6.54 Å². The Labute approximate surface area is 260 Å². The number of para-hydroxylation sites is 1. The van der Waals surface area contributed by atoms with Crippen molar-refractivity contribution in [2.45, 2.75) is 63.5 Å². The Morgan fingerprint density at radius 1 is 0.933 bits per heavy atom. The van der Waals surface area contributed by atoms with E-state index >= 15 is 0 Å².